The van der Waals surface area contributed by atoms with Gasteiger partial charge in [-0.2, -0.15) is 0 Å². The second-order valence-electron chi connectivity index (χ2n) is 1.58. The summed E-state index contributed by atoms with van der Waals surface area (Å²) in [5, 5.41) is 0. The summed E-state index contributed by atoms with van der Waals surface area (Å²) in [6.45, 7) is 0.333. The molecule has 0 unspecified atom stereocenters. The van der Waals surface area contributed by atoms with E-state index in [0.717, 1.165) is 0 Å². The van der Waals surface area contributed by atoms with Gasteiger partial charge in [0, 0.05) is 6.54 Å². The number of nitrogens with one attached hydrogen (secondary N) is 2. The van der Waals surface area contributed by atoms with Gasteiger partial charge in [-0.25, -0.2) is 4.79 Å². The Labute approximate surface area is 59.6 Å². The lowest BCUT2D eigenvalue weighted by atomic mass is 10.5. The molecule has 0 aliphatic heterocycles. The van der Waals surface area contributed by atoms with Gasteiger partial charge in [-0.1, -0.05) is 0 Å². The molecular weight excluding hydrogens is 186 g/mol. The topological polar surface area (TPSA) is 74.7 Å². The molecule has 5 heteroatoms. The third-order valence-corrected chi connectivity index (χ3v) is 1.63. The molecule has 0 aliphatic rings. The van der Waals surface area contributed by atoms with Crippen LogP contribution in [0.3, 0.4) is 0 Å². The molecule has 0 aliphatic carbocycles. The largest absolute Gasteiger partial charge is 0.325 e. The molecular formula is C4H6BrN3O. The number of nitrogens with two attached hydrogens (primary N) is 1. The normalized spacial score (nSPS) is 10.0. The Kier molecular flexibility index (Phi) is 1.73. The number of hydrogen-bond acceptors (Lipinski definition) is 2. The summed E-state index contributed by atoms with van der Waals surface area (Å²) in [4.78, 5) is 15.5. The molecule has 0 atom stereocenters. The van der Waals surface area contributed by atoms with E-state index >= 15 is 0 Å². The van der Waals surface area contributed by atoms with E-state index in [0.29, 0.717) is 16.8 Å². The summed E-state index contributed by atoms with van der Waals surface area (Å²) in [5.41, 5.74) is 5.70. The quantitative estimate of drug-likeness (QED) is 0.582. The van der Waals surface area contributed by atoms with Crippen LogP contribution >= 0.6 is 15.9 Å². The smallest absolute Gasteiger partial charge is 0.324 e. The minimum atomic E-state index is -0.234. The number of hydrogen-bond donors (Lipinski definition) is 3. The van der Waals surface area contributed by atoms with Crippen LogP contribution in [0.15, 0.2) is 9.40 Å². The molecule has 9 heavy (non-hydrogen) atoms. The van der Waals surface area contributed by atoms with Gasteiger partial charge >= 0.3 is 5.69 Å². The van der Waals surface area contributed by atoms with Crippen molar-refractivity contribution in [3.63, 3.8) is 0 Å². The molecule has 4 nitrogen and oxygen atoms in total. The monoisotopic (exact) mass is 191 g/mol. The molecule has 1 rings (SSSR count). The number of rotatable bonds is 1. The van der Waals surface area contributed by atoms with E-state index in [2.05, 4.69) is 25.9 Å². The Morgan fingerprint density at radius 3 is 2.44 bits per heavy atom. The van der Waals surface area contributed by atoms with E-state index in [-0.39, 0.29) is 5.69 Å². The van der Waals surface area contributed by atoms with Crippen LogP contribution in [-0.4, -0.2) is 9.97 Å². The number of H-pyrrole nitrogens is 2. The zero-order chi connectivity index (χ0) is 6.85. The van der Waals surface area contributed by atoms with Crippen molar-refractivity contribution in [2.75, 3.05) is 0 Å². The minimum absolute atomic E-state index is 0.234. The average molecular weight is 192 g/mol. The number of halogens is 1. The van der Waals surface area contributed by atoms with Crippen LogP contribution in [0.25, 0.3) is 0 Å². The molecule has 0 saturated heterocycles. The number of aromatic nitrogens is 2. The van der Waals surface area contributed by atoms with Crippen molar-refractivity contribution in [3.05, 3.63) is 20.8 Å². The summed E-state index contributed by atoms with van der Waals surface area (Å²) >= 11 is 3.11. The molecule has 1 heterocycles. The first kappa shape index (κ1) is 6.57. The summed E-state index contributed by atoms with van der Waals surface area (Å²) < 4.78 is 0.634. The van der Waals surface area contributed by atoms with Crippen LogP contribution in [0.4, 0.5) is 0 Å². The van der Waals surface area contributed by atoms with Gasteiger partial charge in [-0.15, -0.1) is 0 Å². The minimum Gasteiger partial charge on any atom is -0.325 e. The second-order valence-corrected chi connectivity index (χ2v) is 2.37. The number of imidazole rings is 1. The van der Waals surface area contributed by atoms with E-state index in [9.17, 15) is 4.79 Å². The van der Waals surface area contributed by atoms with Gasteiger partial charge in [-0.05, 0) is 15.9 Å². The van der Waals surface area contributed by atoms with Crippen LogP contribution in [0, 0.1) is 0 Å². The fraction of sp³-hybridized carbons (Fsp3) is 0.250. The summed E-state index contributed by atoms with van der Waals surface area (Å²) in [6, 6.07) is 0. The Balaban J connectivity index is 3.16. The summed E-state index contributed by atoms with van der Waals surface area (Å²) in [7, 11) is 0. The lowest BCUT2D eigenvalue weighted by Crippen LogP contribution is -2.03. The SMILES string of the molecule is NCc1[nH]c(=O)[nH]c1Br. The standard InChI is InChI=1S/C4H6BrN3O/c5-3-2(1-6)7-4(9)8-3/h1,6H2,(H2,7,8,9). The Morgan fingerprint density at radius 2 is 2.22 bits per heavy atom. The predicted molar refractivity (Wildman–Crippen MR) is 37.0 cm³/mol. The highest BCUT2D eigenvalue weighted by molar-refractivity contribution is 9.10. The molecule has 0 saturated carbocycles. The summed E-state index contributed by atoms with van der Waals surface area (Å²) in [5.74, 6) is 0. The maximum atomic E-state index is 10.5. The van der Waals surface area contributed by atoms with E-state index in [1.165, 1.54) is 0 Å². The van der Waals surface area contributed by atoms with Crippen molar-refractivity contribution in [2.24, 2.45) is 5.73 Å². The third-order valence-electron chi connectivity index (χ3n) is 0.957. The van der Waals surface area contributed by atoms with Gasteiger partial charge < -0.3 is 15.7 Å². The first-order valence-electron chi connectivity index (χ1n) is 2.40. The molecule has 0 amide bonds. The van der Waals surface area contributed by atoms with E-state index in [1.807, 2.05) is 0 Å². The first-order valence-corrected chi connectivity index (χ1v) is 3.20. The lowest BCUT2D eigenvalue weighted by Gasteiger charge is -1.86. The van der Waals surface area contributed by atoms with Crippen LogP contribution < -0.4 is 11.4 Å². The van der Waals surface area contributed by atoms with Crippen molar-refractivity contribution >= 4 is 15.9 Å². The molecule has 50 valence electrons. The molecule has 0 bridgehead atoms. The van der Waals surface area contributed by atoms with Gasteiger partial charge in [0.1, 0.15) is 4.60 Å². The van der Waals surface area contributed by atoms with Gasteiger partial charge in [-0.3, -0.25) is 0 Å². The van der Waals surface area contributed by atoms with Crippen molar-refractivity contribution in [3.8, 4) is 0 Å². The van der Waals surface area contributed by atoms with Gasteiger partial charge in [0.2, 0.25) is 0 Å². The highest BCUT2D eigenvalue weighted by Gasteiger charge is 1.98. The molecule has 0 aromatic carbocycles. The van der Waals surface area contributed by atoms with E-state index in [4.69, 9.17) is 5.73 Å². The predicted octanol–water partition coefficient (Wildman–Crippen LogP) is -0.0758. The van der Waals surface area contributed by atoms with Crippen molar-refractivity contribution < 1.29 is 0 Å². The third kappa shape index (κ3) is 1.22. The molecule has 1 aromatic heterocycles. The Morgan fingerprint density at radius 1 is 1.56 bits per heavy atom. The lowest BCUT2D eigenvalue weighted by molar-refractivity contribution is 0.994. The van der Waals surface area contributed by atoms with Gasteiger partial charge in [0.25, 0.3) is 0 Å². The zero-order valence-electron chi connectivity index (χ0n) is 4.57. The molecule has 4 N–H and O–H groups in total. The Hall–Kier alpha value is -0.550. The fourth-order valence-corrected chi connectivity index (χ4v) is 0.980. The number of aromatic amines is 2. The highest BCUT2D eigenvalue weighted by atomic mass is 79.9. The van der Waals surface area contributed by atoms with E-state index < -0.39 is 0 Å². The van der Waals surface area contributed by atoms with Crippen molar-refractivity contribution in [2.45, 2.75) is 6.54 Å². The van der Waals surface area contributed by atoms with Gasteiger partial charge in [0.15, 0.2) is 0 Å². The molecule has 0 radical (unpaired) electrons. The van der Waals surface area contributed by atoms with Crippen molar-refractivity contribution in [1.29, 1.82) is 0 Å². The van der Waals surface area contributed by atoms with Crippen LogP contribution in [-0.2, 0) is 6.54 Å². The van der Waals surface area contributed by atoms with Crippen LogP contribution in [0.2, 0.25) is 0 Å². The van der Waals surface area contributed by atoms with Gasteiger partial charge in [0.05, 0.1) is 5.69 Å². The van der Waals surface area contributed by atoms with Crippen LogP contribution in [0.5, 0.6) is 0 Å². The molecule has 0 fully saturated rings. The van der Waals surface area contributed by atoms with Crippen LogP contribution in [0.1, 0.15) is 5.69 Å². The maximum absolute atomic E-state index is 10.5. The average Bonchev–Trinajstić information content (AvgIpc) is 2.10. The zero-order valence-corrected chi connectivity index (χ0v) is 6.16. The first-order chi connectivity index (χ1) is 4.24. The maximum Gasteiger partial charge on any atom is 0.324 e. The Bertz CT molecular complexity index is 251. The van der Waals surface area contributed by atoms with E-state index in [1.54, 1.807) is 0 Å². The van der Waals surface area contributed by atoms with Crippen molar-refractivity contribution in [1.82, 2.24) is 9.97 Å². The highest BCUT2D eigenvalue weighted by Crippen LogP contribution is 2.06. The fourth-order valence-electron chi connectivity index (χ4n) is 0.539. The second kappa shape index (κ2) is 2.36. The summed E-state index contributed by atoms with van der Waals surface area (Å²) in [6.07, 6.45) is 0. The molecule has 0 spiro atoms. The molecule has 1 aromatic rings.